The Morgan fingerprint density at radius 1 is 1.12 bits per heavy atom. The lowest BCUT2D eigenvalue weighted by atomic mass is 10.2. The molecule has 124 valence electrons. The van der Waals surface area contributed by atoms with Crippen molar-refractivity contribution in [3.8, 4) is 0 Å². The molecule has 4 aromatic rings. The van der Waals surface area contributed by atoms with E-state index in [2.05, 4.69) is 20.5 Å². The fraction of sp³-hybridized carbons (Fsp3) is 0.0588. The van der Waals surface area contributed by atoms with Crippen LogP contribution in [-0.2, 0) is 6.54 Å². The summed E-state index contributed by atoms with van der Waals surface area (Å²) in [6.45, 7) is 0.409. The average molecular weight is 336 g/mol. The maximum atomic E-state index is 13.2. The number of anilines is 1. The monoisotopic (exact) mass is 336 g/mol. The van der Waals surface area contributed by atoms with Gasteiger partial charge in [-0.3, -0.25) is 9.48 Å². The Hall–Kier alpha value is -3.55. The Kier molecular flexibility index (Phi) is 3.70. The third-order valence-corrected chi connectivity index (χ3v) is 3.58. The Labute approximate surface area is 141 Å². The highest BCUT2D eigenvalue weighted by atomic mass is 19.1. The van der Waals surface area contributed by atoms with E-state index in [1.165, 1.54) is 16.6 Å². The first-order valence-electron chi connectivity index (χ1n) is 7.57. The summed E-state index contributed by atoms with van der Waals surface area (Å²) in [5.41, 5.74) is 1.62. The molecule has 7 nitrogen and oxygen atoms in total. The zero-order chi connectivity index (χ0) is 17.2. The number of benzene rings is 1. The summed E-state index contributed by atoms with van der Waals surface area (Å²) in [5.74, 6) is -0.272. The minimum Gasteiger partial charge on any atom is -0.304 e. The van der Waals surface area contributed by atoms with Crippen LogP contribution in [0.1, 0.15) is 16.1 Å². The van der Waals surface area contributed by atoms with Crippen molar-refractivity contribution >= 4 is 17.4 Å². The van der Waals surface area contributed by atoms with Crippen molar-refractivity contribution in [3.05, 3.63) is 78.1 Å². The van der Waals surface area contributed by atoms with Gasteiger partial charge in [0, 0.05) is 30.7 Å². The summed E-state index contributed by atoms with van der Waals surface area (Å²) in [5, 5.41) is 11.1. The normalized spacial score (nSPS) is 10.9. The molecule has 0 saturated heterocycles. The molecule has 0 aliphatic heterocycles. The smallest absolute Gasteiger partial charge is 0.277 e. The molecule has 25 heavy (non-hydrogen) atoms. The lowest BCUT2D eigenvalue weighted by molar-refractivity contribution is 0.102. The first-order valence-corrected chi connectivity index (χ1v) is 7.57. The number of halogens is 1. The molecule has 3 aromatic heterocycles. The molecule has 8 heteroatoms. The molecule has 1 amide bonds. The van der Waals surface area contributed by atoms with E-state index in [0.29, 0.717) is 18.0 Å². The molecule has 0 spiro atoms. The van der Waals surface area contributed by atoms with Gasteiger partial charge in [0.1, 0.15) is 5.82 Å². The molecule has 3 heterocycles. The van der Waals surface area contributed by atoms with Gasteiger partial charge in [0.05, 0.1) is 6.54 Å². The SMILES string of the molecule is O=C(Nc1ccn(Cc2cccc(F)c2)n1)c1cc2ncccn2n1. The topological polar surface area (TPSA) is 77.1 Å². The summed E-state index contributed by atoms with van der Waals surface area (Å²) in [6.07, 6.45) is 5.06. The van der Waals surface area contributed by atoms with Crippen molar-refractivity contribution in [1.29, 1.82) is 0 Å². The first kappa shape index (κ1) is 15.0. The summed E-state index contributed by atoms with van der Waals surface area (Å²) >= 11 is 0. The average Bonchev–Trinajstić information content (AvgIpc) is 3.21. The van der Waals surface area contributed by atoms with Crippen LogP contribution in [0.15, 0.2) is 61.1 Å². The predicted molar refractivity (Wildman–Crippen MR) is 88.7 cm³/mol. The van der Waals surface area contributed by atoms with E-state index in [1.807, 2.05) is 6.07 Å². The lowest BCUT2D eigenvalue weighted by Gasteiger charge is -2.02. The van der Waals surface area contributed by atoms with Crippen LogP contribution >= 0.6 is 0 Å². The molecule has 0 atom stereocenters. The predicted octanol–water partition coefficient (Wildman–Crippen LogP) is 2.37. The summed E-state index contributed by atoms with van der Waals surface area (Å²) in [4.78, 5) is 16.4. The van der Waals surface area contributed by atoms with E-state index >= 15 is 0 Å². The fourth-order valence-electron chi connectivity index (χ4n) is 2.46. The quantitative estimate of drug-likeness (QED) is 0.621. The minimum absolute atomic E-state index is 0.249. The largest absolute Gasteiger partial charge is 0.304 e. The second-order valence-corrected chi connectivity index (χ2v) is 5.43. The third kappa shape index (κ3) is 3.23. The van der Waals surface area contributed by atoms with Crippen LogP contribution in [0.25, 0.3) is 5.65 Å². The second kappa shape index (κ2) is 6.16. The zero-order valence-electron chi connectivity index (χ0n) is 13.0. The van der Waals surface area contributed by atoms with Gasteiger partial charge in [-0.1, -0.05) is 12.1 Å². The van der Waals surface area contributed by atoms with E-state index in [1.54, 1.807) is 47.5 Å². The van der Waals surface area contributed by atoms with Gasteiger partial charge in [0.2, 0.25) is 0 Å². The van der Waals surface area contributed by atoms with Gasteiger partial charge < -0.3 is 5.32 Å². The van der Waals surface area contributed by atoms with Crippen molar-refractivity contribution in [2.45, 2.75) is 6.54 Å². The molecule has 4 rings (SSSR count). The molecular weight excluding hydrogens is 323 g/mol. The molecule has 0 radical (unpaired) electrons. The standard InChI is InChI=1S/C17H13FN6O/c18-13-4-1-3-12(9-13)11-23-8-5-15(22-23)20-17(25)14-10-16-19-6-2-7-24(16)21-14/h1-10H,11H2,(H,20,22,25). The molecule has 0 saturated carbocycles. The lowest BCUT2D eigenvalue weighted by Crippen LogP contribution is -2.13. The molecule has 0 aliphatic rings. The highest BCUT2D eigenvalue weighted by molar-refractivity contribution is 6.02. The van der Waals surface area contributed by atoms with Crippen molar-refractivity contribution in [3.63, 3.8) is 0 Å². The molecule has 1 N–H and O–H groups in total. The maximum absolute atomic E-state index is 13.2. The summed E-state index contributed by atoms with van der Waals surface area (Å²) in [7, 11) is 0. The Balaban J connectivity index is 1.47. The molecule has 0 fully saturated rings. The van der Waals surface area contributed by atoms with E-state index in [9.17, 15) is 9.18 Å². The number of nitrogens with one attached hydrogen (secondary N) is 1. The highest BCUT2D eigenvalue weighted by Gasteiger charge is 2.13. The minimum atomic E-state index is -0.374. The molecule has 0 bridgehead atoms. The van der Waals surface area contributed by atoms with Crippen molar-refractivity contribution in [2.75, 3.05) is 5.32 Å². The van der Waals surface area contributed by atoms with Gasteiger partial charge in [0.25, 0.3) is 5.91 Å². The van der Waals surface area contributed by atoms with E-state index < -0.39 is 0 Å². The molecule has 1 aromatic carbocycles. The van der Waals surface area contributed by atoms with Crippen molar-refractivity contribution in [1.82, 2.24) is 24.4 Å². The van der Waals surface area contributed by atoms with Crippen LogP contribution in [0.5, 0.6) is 0 Å². The first-order chi connectivity index (χ1) is 12.2. The Morgan fingerprint density at radius 2 is 2.04 bits per heavy atom. The van der Waals surface area contributed by atoms with Crippen LogP contribution < -0.4 is 5.32 Å². The van der Waals surface area contributed by atoms with E-state index in [0.717, 1.165) is 5.56 Å². The van der Waals surface area contributed by atoms with Crippen molar-refractivity contribution in [2.24, 2.45) is 0 Å². The highest BCUT2D eigenvalue weighted by Crippen LogP contribution is 2.10. The molecule has 0 unspecified atom stereocenters. The third-order valence-electron chi connectivity index (χ3n) is 3.58. The van der Waals surface area contributed by atoms with Gasteiger partial charge in [-0.15, -0.1) is 0 Å². The van der Waals surface area contributed by atoms with Crippen molar-refractivity contribution < 1.29 is 9.18 Å². The number of carbonyl (C=O) groups is 1. The van der Waals surface area contributed by atoms with Gasteiger partial charge in [-0.25, -0.2) is 13.9 Å². The van der Waals surface area contributed by atoms with Gasteiger partial charge >= 0.3 is 0 Å². The van der Waals surface area contributed by atoms with Crippen LogP contribution in [0.3, 0.4) is 0 Å². The van der Waals surface area contributed by atoms with Crippen LogP contribution in [0.2, 0.25) is 0 Å². The Bertz CT molecular complexity index is 1020. The zero-order valence-corrected chi connectivity index (χ0v) is 13.0. The number of nitrogens with zero attached hydrogens (tertiary/aromatic N) is 5. The van der Waals surface area contributed by atoms with E-state index in [4.69, 9.17) is 0 Å². The number of carbonyl (C=O) groups excluding carboxylic acids is 1. The number of hydrogen-bond donors (Lipinski definition) is 1. The number of rotatable bonds is 4. The molecule has 0 aliphatic carbocycles. The summed E-state index contributed by atoms with van der Waals surface area (Å²) in [6, 6.07) is 11.3. The van der Waals surface area contributed by atoms with Gasteiger partial charge in [-0.2, -0.15) is 10.2 Å². The second-order valence-electron chi connectivity index (χ2n) is 5.43. The fourth-order valence-corrected chi connectivity index (χ4v) is 2.46. The van der Waals surface area contributed by atoms with Gasteiger partial charge in [-0.05, 0) is 23.8 Å². The van der Waals surface area contributed by atoms with Crippen LogP contribution in [0.4, 0.5) is 10.2 Å². The number of aromatic nitrogens is 5. The maximum Gasteiger partial charge on any atom is 0.277 e. The molecular formula is C17H13FN6O. The number of hydrogen-bond acceptors (Lipinski definition) is 4. The number of amides is 1. The van der Waals surface area contributed by atoms with Crippen LogP contribution in [-0.4, -0.2) is 30.3 Å². The number of fused-ring (bicyclic) bond motifs is 1. The Morgan fingerprint density at radius 3 is 2.88 bits per heavy atom. The van der Waals surface area contributed by atoms with E-state index in [-0.39, 0.29) is 17.4 Å². The van der Waals surface area contributed by atoms with Crippen LogP contribution in [0, 0.1) is 5.82 Å². The van der Waals surface area contributed by atoms with Gasteiger partial charge in [0.15, 0.2) is 17.2 Å². The summed E-state index contributed by atoms with van der Waals surface area (Å²) < 4.78 is 16.4.